The molecule has 0 radical (unpaired) electrons. The van der Waals surface area contributed by atoms with Crippen LogP contribution in [-0.2, 0) is 0 Å². The monoisotopic (exact) mass is 264 g/mol. The van der Waals surface area contributed by atoms with Gasteiger partial charge in [0.05, 0.1) is 11.0 Å². The summed E-state index contributed by atoms with van der Waals surface area (Å²) in [6.07, 6.45) is 0.971. The van der Waals surface area contributed by atoms with Crippen molar-refractivity contribution in [1.29, 1.82) is 0 Å². The van der Waals surface area contributed by atoms with E-state index in [1.54, 1.807) is 6.92 Å². The number of nitrogen functional groups attached to an aromatic ring is 1. The van der Waals surface area contributed by atoms with E-state index in [4.69, 9.17) is 5.73 Å². The number of aromatic nitrogens is 2. The maximum atomic E-state index is 13.5. The van der Waals surface area contributed by atoms with Crippen LogP contribution in [0.2, 0.25) is 0 Å². The van der Waals surface area contributed by atoms with Crippen LogP contribution < -0.4 is 5.73 Å². The molecule has 1 aromatic carbocycles. The molecule has 2 N–H and O–H groups in total. The third-order valence-electron chi connectivity index (χ3n) is 3.43. The number of fused-ring (bicyclic) bond motifs is 1. The van der Waals surface area contributed by atoms with Gasteiger partial charge in [-0.25, -0.2) is 9.37 Å². The first-order valence-corrected chi connectivity index (χ1v) is 6.48. The number of imidazole rings is 1. The summed E-state index contributed by atoms with van der Waals surface area (Å²) < 4.78 is 15.5. The molecule has 19 heavy (non-hydrogen) atoms. The molecule has 0 spiro atoms. The second kappa shape index (κ2) is 5.17. The van der Waals surface area contributed by atoms with Crippen molar-refractivity contribution < 1.29 is 4.39 Å². The largest absolute Gasteiger partial charge is 0.369 e. The summed E-state index contributed by atoms with van der Waals surface area (Å²) >= 11 is 0. The number of rotatable bonds is 4. The van der Waals surface area contributed by atoms with Crippen LogP contribution in [0.4, 0.5) is 10.3 Å². The molecule has 5 heteroatoms. The minimum Gasteiger partial charge on any atom is -0.369 e. The van der Waals surface area contributed by atoms with Gasteiger partial charge in [-0.2, -0.15) is 0 Å². The number of hydrogen-bond acceptors (Lipinski definition) is 3. The van der Waals surface area contributed by atoms with Gasteiger partial charge in [0.25, 0.3) is 0 Å². The molecule has 0 aliphatic heterocycles. The van der Waals surface area contributed by atoms with E-state index in [2.05, 4.69) is 16.8 Å². The first-order valence-electron chi connectivity index (χ1n) is 6.48. The van der Waals surface area contributed by atoms with Crippen LogP contribution >= 0.6 is 0 Å². The lowest BCUT2D eigenvalue weighted by atomic mass is 10.2. The summed E-state index contributed by atoms with van der Waals surface area (Å²) in [5.74, 6) is 0.212. The Labute approximate surface area is 113 Å². The lowest BCUT2D eigenvalue weighted by Crippen LogP contribution is -2.18. The predicted molar refractivity (Wildman–Crippen MR) is 76.7 cm³/mol. The average Bonchev–Trinajstić information content (AvgIpc) is 2.62. The first-order chi connectivity index (χ1) is 8.90. The molecule has 2 aromatic rings. The van der Waals surface area contributed by atoms with E-state index in [-0.39, 0.29) is 11.9 Å². The minimum absolute atomic E-state index is 0.234. The maximum Gasteiger partial charge on any atom is 0.201 e. The summed E-state index contributed by atoms with van der Waals surface area (Å²) in [6.45, 7) is 4.84. The van der Waals surface area contributed by atoms with Crippen LogP contribution in [0.25, 0.3) is 11.0 Å². The summed E-state index contributed by atoms with van der Waals surface area (Å²) in [5, 5.41) is 0. The second-order valence-corrected chi connectivity index (χ2v) is 5.37. The average molecular weight is 264 g/mol. The Hall–Kier alpha value is -1.62. The maximum absolute atomic E-state index is 13.5. The SMILES string of the molecule is Cc1cc2c(cc1F)nc(N)n2C(C)CCN(C)C. The summed E-state index contributed by atoms with van der Waals surface area (Å²) in [7, 11) is 4.09. The molecule has 0 saturated carbocycles. The highest BCUT2D eigenvalue weighted by Crippen LogP contribution is 2.26. The van der Waals surface area contributed by atoms with Gasteiger partial charge in [-0.15, -0.1) is 0 Å². The minimum atomic E-state index is -0.238. The molecule has 4 nitrogen and oxygen atoms in total. The zero-order valence-corrected chi connectivity index (χ0v) is 11.9. The number of hydrogen-bond donors (Lipinski definition) is 1. The highest BCUT2D eigenvalue weighted by molar-refractivity contribution is 5.79. The third kappa shape index (κ3) is 2.71. The Bertz CT molecular complexity index is 589. The van der Waals surface area contributed by atoms with Crippen molar-refractivity contribution in [2.75, 3.05) is 26.4 Å². The van der Waals surface area contributed by atoms with Gasteiger partial charge >= 0.3 is 0 Å². The Balaban J connectivity index is 2.42. The molecule has 1 atom stereocenters. The van der Waals surface area contributed by atoms with Crippen LogP contribution in [0.1, 0.15) is 24.9 Å². The highest BCUT2D eigenvalue weighted by Gasteiger charge is 2.15. The fraction of sp³-hybridized carbons (Fsp3) is 0.500. The van der Waals surface area contributed by atoms with E-state index in [1.165, 1.54) is 6.07 Å². The fourth-order valence-electron chi connectivity index (χ4n) is 2.28. The number of benzene rings is 1. The number of nitrogens with two attached hydrogens (primary N) is 1. The molecule has 0 aliphatic carbocycles. The summed E-state index contributed by atoms with van der Waals surface area (Å²) in [4.78, 5) is 6.39. The van der Waals surface area contributed by atoms with Crippen molar-refractivity contribution in [2.24, 2.45) is 0 Å². The van der Waals surface area contributed by atoms with E-state index in [9.17, 15) is 4.39 Å². The van der Waals surface area contributed by atoms with Gasteiger partial charge in [-0.3, -0.25) is 0 Å². The molecule has 0 aliphatic rings. The fourth-order valence-corrected chi connectivity index (χ4v) is 2.28. The molecule has 1 heterocycles. The number of halogens is 1. The van der Waals surface area contributed by atoms with E-state index < -0.39 is 0 Å². The third-order valence-corrected chi connectivity index (χ3v) is 3.43. The standard InChI is InChI=1S/C14H21FN4/c1-9-7-13-12(8-11(9)15)17-14(16)19(13)10(2)5-6-18(3)4/h7-8,10H,5-6H2,1-4H3,(H2,16,17). The molecule has 0 amide bonds. The molecule has 1 unspecified atom stereocenters. The van der Waals surface area contributed by atoms with E-state index >= 15 is 0 Å². The normalized spacial score (nSPS) is 13.4. The molecule has 0 bridgehead atoms. The molecule has 1 aromatic heterocycles. The van der Waals surface area contributed by atoms with Crippen LogP contribution in [0, 0.1) is 12.7 Å². The second-order valence-electron chi connectivity index (χ2n) is 5.37. The Morgan fingerprint density at radius 3 is 2.74 bits per heavy atom. The number of aryl methyl sites for hydroxylation is 1. The van der Waals surface area contributed by atoms with Gasteiger partial charge in [0.2, 0.25) is 5.95 Å². The Kier molecular flexibility index (Phi) is 3.75. The van der Waals surface area contributed by atoms with Gasteiger partial charge in [-0.1, -0.05) is 0 Å². The molecular formula is C14H21FN4. The molecule has 104 valence electrons. The zero-order valence-electron chi connectivity index (χ0n) is 11.9. The predicted octanol–water partition coefficient (Wildman–Crippen LogP) is 2.58. The topological polar surface area (TPSA) is 47.1 Å². The smallest absolute Gasteiger partial charge is 0.201 e. The van der Waals surface area contributed by atoms with Gasteiger partial charge in [0.1, 0.15) is 5.82 Å². The zero-order chi connectivity index (χ0) is 14.2. The van der Waals surface area contributed by atoms with Crippen molar-refractivity contribution in [2.45, 2.75) is 26.3 Å². The molecular weight excluding hydrogens is 243 g/mol. The van der Waals surface area contributed by atoms with Crippen molar-refractivity contribution in [1.82, 2.24) is 14.5 Å². The van der Waals surface area contributed by atoms with Crippen molar-refractivity contribution in [3.63, 3.8) is 0 Å². The lowest BCUT2D eigenvalue weighted by Gasteiger charge is -2.18. The number of anilines is 1. The Morgan fingerprint density at radius 1 is 1.42 bits per heavy atom. The highest BCUT2D eigenvalue weighted by atomic mass is 19.1. The van der Waals surface area contributed by atoms with Crippen LogP contribution in [0.3, 0.4) is 0 Å². The van der Waals surface area contributed by atoms with E-state index in [1.807, 2.05) is 24.7 Å². The van der Waals surface area contributed by atoms with Gasteiger partial charge in [0, 0.05) is 12.1 Å². The van der Waals surface area contributed by atoms with Crippen LogP contribution in [0.5, 0.6) is 0 Å². The molecule has 0 saturated heterocycles. The molecule has 2 rings (SSSR count). The van der Waals surface area contributed by atoms with Crippen molar-refractivity contribution >= 4 is 17.0 Å². The lowest BCUT2D eigenvalue weighted by molar-refractivity contribution is 0.362. The van der Waals surface area contributed by atoms with Gasteiger partial charge in [-0.05, 0) is 52.5 Å². The van der Waals surface area contributed by atoms with Crippen LogP contribution in [0.15, 0.2) is 12.1 Å². The molecule has 0 fully saturated rings. The number of nitrogens with zero attached hydrogens (tertiary/aromatic N) is 3. The van der Waals surface area contributed by atoms with Gasteiger partial charge in [0.15, 0.2) is 0 Å². The van der Waals surface area contributed by atoms with E-state index in [0.29, 0.717) is 17.0 Å². The van der Waals surface area contributed by atoms with Gasteiger partial charge < -0.3 is 15.2 Å². The van der Waals surface area contributed by atoms with Crippen molar-refractivity contribution in [3.8, 4) is 0 Å². The summed E-state index contributed by atoms with van der Waals surface area (Å²) in [5.41, 5.74) is 8.12. The quantitative estimate of drug-likeness (QED) is 0.923. The van der Waals surface area contributed by atoms with Crippen LogP contribution in [-0.4, -0.2) is 35.1 Å². The van der Waals surface area contributed by atoms with Crippen molar-refractivity contribution in [3.05, 3.63) is 23.5 Å². The van der Waals surface area contributed by atoms with E-state index in [0.717, 1.165) is 18.5 Å². The first kappa shape index (κ1) is 13.8. The Morgan fingerprint density at radius 2 is 2.11 bits per heavy atom. The summed E-state index contributed by atoms with van der Waals surface area (Å²) in [6, 6.07) is 3.51.